The highest BCUT2D eigenvalue weighted by molar-refractivity contribution is 5.91. The lowest BCUT2D eigenvalue weighted by molar-refractivity contribution is -0.141. The van der Waals surface area contributed by atoms with E-state index in [0.29, 0.717) is 32.1 Å². The fourth-order valence-electron chi connectivity index (χ4n) is 4.18. The molecule has 1 aliphatic rings. The van der Waals surface area contributed by atoms with Crippen molar-refractivity contribution < 1.29 is 19.1 Å². The SMILES string of the molecule is CC(C)(NC(=O)COc1ccccc1)C(=O)N1CCOC[C@@H](Cc2cccn3nccc23)C1. The number of ether oxygens (including phenoxy) is 2. The van der Waals surface area contributed by atoms with E-state index in [1.54, 1.807) is 37.1 Å². The maximum atomic E-state index is 13.4. The summed E-state index contributed by atoms with van der Waals surface area (Å²) in [4.78, 5) is 27.6. The monoisotopic (exact) mass is 450 g/mol. The Balaban J connectivity index is 1.37. The zero-order valence-corrected chi connectivity index (χ0v) is 19.1. The molecule has 1 N–H and O–H groups in total. The topological polar surface area (TPSA) is 85.2 Å². The van der Waals surface area contributed by atoms with Crippen LogP contribution < -0.4 is 10.1 Å². The zero-order chi connectivity index (χ0) is 23.3. The molecule has 1 aliphatic heterocycles. The molecule has 0 saturated carbocycles. The van der Waals surface area contributed by atoms with Gasteiger partial charge in [-0.3, -0.25) is 9.59 Å². The molecule has 174 valence electrons. The van der Waals surface area contributed by atoms with Gasteiger partial charge in [0.1, 0.15) is 11.3 Å². The Bertz CT molecular complexity index is 1100. The van der Waals surface area contributed by atoms with Gasteiger partial charge in [0, 0.05) is 31.4 Å². The van der Waals surface area contributed by atoms with E-state index in [0.717, 1.165) is 11.9 Å². The summed E-state index contributed by atoms with van der Waals surface area (Å²) in [5, 5.41) is 7.12. The molecule has 3 aromatic rings. The van der Waals surface area contributed by atoms with Crippen molar-refractivity contribution in [3.8, 4) is 5.75 Å². The molecule has 1 saturated heterocycles. The van der Waals surface area contributed by atoms with Crippen molar-refractivity contribution in [3.05, 3.63) is 66.5 Å². The summed E-state index contributed by atoms with van der Waals surface area (Å²) in [6.07, 6.45) is 4.48. The first-order valence-corrected chi connectivity index (χ1v) is 11.2. The number of para-hydroxylation sites is 1. The largest absolute Gasteiger partial charge is 0.484 e. The minimum atomic E-state index is -1.06. The van der Waals surface area contributed by atoms with Crippen molar-refractivity contribution in [2.24, 2.45) is 5.92 Å². The van der Waals surface area contributed by atoms with Crippen LogP contribution in [0.5, 0.6) is 5.75 Å². The van der Waals surface area contributed by atoms with Crippen molar-refractivity contribution in [1.82, 2.24) is 19.8 Å². The Kier molecular flexibility index (Phi) is 6.93. The molecule has 0 unspecified atom stereocenters. The van der Waals surface area contributed by atoms with Crippen molar-refractivity contribution in [3.63, 3.8) is 0 Å². The number of benzene rings is 1. The van der Waals surface area contributed by atoms with E-state index in [4.69, 9.17) is 9.47 Å². The summed E-state index contributed by atoms with van der Waals surface area (Å²) in [6.45, 7) is 5.41. The number of aromatic nitrogens is 2. The van der Waals surface area contributed by atoms with Crippen LogP contribution in [0.15, 0.2) is 60.9 Å². The molecule has 1 fully saturated rings. The van der Waals surface area contributed by atoms with Crippen LogP contribution in [0.2, 0.25) is 0 Å². The van der Waals surface area contributed by atoms with Gasteiger partial charge in [0.2, 0.25) is 5.91 Å². The third-order valence-electron chi connectivity index (χ3n) is 5.76. The van der Waals surface area contributed by atoms with Crippen LogP contribution in [0.4, 0.5) is 0 Å². The fraction of sp³-hybridized carbons (Fsp3) is 0.400. The van der Waals surface area contributed by atoms with Gasteiger partial charge in [-0.2, -0.15) is 5.10 Å². The molecular weight excluding hydrogens is 420 g/mol. The van der Waals surface area contributed by atoms with E-state index >= 15 is 0 Å². The van der Waals surface area contributed by atoms with Gasteiger partial charge in [0.15, 0.2) is 6.61 Å². The molecule has 8 nitrogen and oxygen atoms in total. The maximum absolute atomic E-state index is 13.4. The second kappa shape index (κ2) is 10.0. The second-order valence-corrected chi connectivity index (χ2v) is 8.87. The van der Waals surface area contributed by atoms with Crippen molar-refractivity contribution in [1.29, 1.82) is 0 Å². The number of carbonyl (C=O) groups excluding carboxylic acids is 2. The number of hydrogen-bond donors (Lipinski definition) is 1. The standard InChI is InChI=1S/C25H30N4O4/c1-25(2,27-23(30)18-33-21-8-4-3-5-9-21)24(31)28-13-14-32-17-19(16-28)15-20-7-6-12-29-22(20)10-11-26-29/h3-12,19H,13-18H2,1-2H3,(H,27,30)/t19-/m0/s1. The van der Waals surface area contributed by atoms with E-state index < -0.39 is 5.54 Å². The average molecular weight is 451 g/mol. The lowest BCUT2D eigenvalue weighted by Gasteiger charge is -2.33. The van der Waals surface area contributed by atoms with Crippen LogP contribution in [0.1, 0.15) is 19.4 Å². The predicted molar refractivity (Wildman–Crippen MR) is 124 cm³/mol. The molecule has 0 spiro atoms. The van der Waals surface area contributed by atoms with E-state index in [1.807, 2.05) is 41.0 Å². The second-order valence-electron chi connectivity index (χ2n) is 8.87. The highest BCUT2D eigenvalue weighted by Crippen LogP contribution is 2.20. The first kappa shape index (κ1) is 22.8. The zero-order valence-electron chi connectivity index (χ0n) is 19.1. The molecule has 1 atom stereocenters. The van der Waals surface area contributed by atoms with E-state index in [2.05, 4.69) is 16.5 Å². The molecule has 2 amide bonds. The van der Waals surface area contributed by atoms with Crippen molar-refractivity contribution in [2.45, 2.75) is 25.8 Å². The van der Waals surface area contributed by atoms with Crippen LogP contribution in [0.3, 0.4) is 0 Å². The number of pyridine rings is 1. The Hall–Kier alpha value is -3.39. The Morgan fingerprint density at radius 2 is 2.00 bits per heavy atom. The molecule has 8 heteroatoms. The lowest BCUT2D eigenvalue weighted by Crippen LogP contribution is -2.57. The Morgan fingerprint density at radius 1 is 1.18 bits per heavy atom. The minimum absolute atomic E-state index is 0.131. The number of nitrogens with zero attached hydrogens (tertiary/aromatic N) is 3. The number of hydrogen-bond acceptors (Lipinski definition) is 5. The minimum Gasteiger partial charge on any atom is -0.484 e. The average Bonchev–Trinajstić information content (AvgIpc) is 3.18. The van der Waals surface area contributed by atoms with Crippen LogP contribution in [0.25, 0.3) is 5.52 Å². The molecule has 1 aromatic carbocycles. The van der Waals surface area contributed by atoms with Gasteiger partial charge in [-0.05, 0) is 50.1 Å². The molecule has 4 rings (SSSR count). The quantitative estimate of drug-likeness (QED) is 0.597. The normalized spacial score (nSPS) is 16.9. The number of carbonyl (C=O) groups is 2. The van der Waals surface area contributed by atoms with E-state index in [1.165, 1.54) is 5.56 Å². The van der Waals surface area contributed by atoms with Crippen molar-refractivity contribution in [2.75, 3.05) is 32.9 Å². The number of fused-ring (bicyclic) bond motifs is 1. The smallest absolute Gasteiger partial charge is 0.258 e. The molecule has 33 heavy (non-hydrogen) atoms. The highest BCUT2D eigenvalue weighted by atomic mass is 16.5. The third kappa shape index (κ3) is 5.70. The van der Waals surface area contributed by atoms with Crippen LogP contribution >= 0.6 is 0 Å². The van der Waals surface area contributed by atoms with Gasteiger partial charge in [-0.25, -0.2) is 4.52 Å². The molecule has 0 aliphatic carbocycles. The Labute approximate surface area is 193 Å². The molecule has 0 radical (unpaired) electrons. The van der Waals surface area contributed by atoms with Gasteiger partial charge >= 0.3 is 0 Å². The van der Waals surface area contributed by atoms with Gasteiger partial charge in [-0.1, -0.05) is 24.3 Å². The van der Waals surface area contributed by atoms with Gasteiger partial charge in [-0.15, -0.1) is 0 Å². The summed E-state index contributed by atoms with van der Waals surface area (Å²) in [5.74, 6) is 0.281. The highest BCUT2D eigenvalue weighted by Gasteiger charge is 2.35. The van der Waals surface area contributed by atoms with Crippen LogP contribution in [0, 0.1) is 5.92 Å². The van der Waals surface area contributed by atoms with Gasteiger partial charge in [0.05, 0.1) is 18.7 Å². The first-order chi connectivity index (χ1) is 15.9. The number of amides is 2. The first-order valence-electron chi connectivity index (χ1n) is 11.2. The van der Waals surface area contributed by atoms with E-state index in [9.17, 15) is 9.59 Å². The van der Waals surface area contributed by atoms with E-state index in [-0.39, 0.29) is 24.3 Å². The van der Waals surface area contributed by atoms with Crippen molar-refractivity contribution >= 4 is 17.3 Å². The Morgan fingerprint density at radius 3 is 2.82 bits per heavy atom. The number of nitrogens with one attached hydrogen (secondary N) is 1. The molecule has 3 heterocycles. The lowest BCUT2D eigenvalue weighted by atomic mass is 9.97. The molecule has 2 aromatic heterocycles. The van der Waals surface area contributed by atoms with Crippen LogP contribution in [-0.2, 0) is 20.7 Å². The summed E-state index contributed by atoms with van der Waals surface area (Å²) < 4.78 is 13.2. The summed E-state index contributed by atoms with van der Waals surface area (Å²) in [6, 6.07) is 15.2. The van der Waals surface area contributed by atoms with Gasteiger partial charge < -0.3 is 19.7 Å². The molecule has 0 bridgehead atoms. The predicted octanol–water partition coefficient (Wildman–Crippen LogP) is 2.33. The summed E-state index contributed by atoms with van der Waals surface area (Å²) in [5.41, 5.74) is 1.17. The maximum Gasteiger partial charge on any atom is 0.258 e. The van der Waals surface area contributed by atoms with Gasteiger partial charge in [0.25, 0.3) is 5.91 Å². The molecular formula is C25H30N4O4. The fourth-order valence-corrected chi connectivity index (χ4v) is 4.18. The summed E-state index contributed by atoms with van der Waals surface area (Å²) in [7, 11) is 0. The summed E-state index contributed by atoms with van der Waals surface area (Å²) >= 11 is 0. The number of rotatable bonds is 7. The van der Waals surface area contributed by atoms with Crippen LogP contribution in [-0.4, -0.2) is 64.8 Å². The third-order valence-corrected chi connectivity index (χ3v) is 5.76.